The molecule has 1 aliphatic rings. The summed E-state index contributed by atoms with van der Waals surface area (Å²) in [5, 5.41) is 21.4. The third-order valence-electron chi connectivity index (χ3n) is 6.15. The lowest BCUT2D eigenvalue weighted by molar-refractivity contribution is 0.416. The number of nitrogens with one attached hydrogen (secondary N) is 3. The second kappa shape index (κ2) is 8.82. The van der Waals surface area contributed by atoms with Crippen LogP contribution in [0.1, 0.15) is 37.7 Å². The second-order valence-electron chi connectivity index (χ2n) is 8.29. The minimum absolute atomic E-state index is 0.351. The van der Waals surface area contributed by atoms with E-state index in [4.69, 9.17) is 9.72 Å². The summed E-state index contributed by atoms with van der Waals surface area (Å²) >= 11 is 0. The van der Waals surface area contributed by atoms with Crippen molar-refractivity contribution in [2.24, 2.45) is 7.05 Å². The quantitative estimate of drug-likeness (QED) is 0.395. The summed E-state index contributed by atoms with van der Waals surface area (Å²) in [5.74, 6) is 1.85. The first-order valence-electron chi connectivity index (χ1n) is 11.2. The highest BCUT2D eigenvalue weighted by molar-refractivity contribution is 5.93. The first-order chi connectivity index (χ1) is 16.2. The Bertz CT molecular complexity index is 1330. The third-order valence-corrected chi connectivity index (χ3v) is 6.15. The van der Waals surface area contributed by atoms with Crippen LogP contribution >= 0.6 is 0 Å². The molecule has 1 saturated carbocycles. The van der Waals surface area contributed by atoms with Crippen LogP contribution in [0.25, 0.3) is 22.3 Å². The number of hydrogen-bond donors (Lipinski definition) is 3. The van der Waals surface area contributed by atoms with E-state index in [0.717, 1.165) is 40.9 Å². The number of rotatable bonds is 6. The van der Waals surface area contributed by atoms with Gasteiger partial charge in [-0.25, -0.2) is 0 Å². The molecule has 1 aliphatic carbocycles. The van der Waals surface area contributed by atoms with Crippen LogP contribution in [0.2, 0.25) is 0 Å². The summed E-state index contributed by atoms with van der Waals surface area (Å²) in [4.78, 5) is 12.5. The minimum atomic E-state index is 0.351. The van der Waals surface area contributed by atoms with Crippen molar-refractivity contribution in [2.75, 3.05) is 17.7 Å². The number of fused-ring (bicyclic) bond motifs is 1. The van der Waals surface area contributed by atoms with Crippen LogP contribution in [-0.4, -0.2) is 37.9 Å². The van der Waals surface area contributed by atoms with Gasteiger partial charge in [-0.15, -0.1) is 0 Å². The molecule has 3 heterocycles. The molecule has 1 fully saturated rings. The Morgan fingerprint density at radius 1 is 1.18 bits per heavy atom. The number of aromatic nitrogens is 5. The molecule has 3 aromatic heterocycles. The van der Waals surface area contributed by atoms with Crippen LogP contribution < -0.4 is 15.4 Å². The van der Waals surface area contributed by atoms with Crippen LogP contribution in [0, 0.1) is 11.3 Å². The molecule has 168 valence electrons. The first kappa shape index (κ1) is 20.8. The lowest BCUT2D eigenvalue weighted by Crippen LogP contribution is -2.23. The number of H-pyrrole nitrogens is 1. The van der Waals surface area contributed by atoms with Gasteiger partial charge >= 0.3 is 0 Å². The number of aryl methyl sites for hydroxylation is 1. The molecule has 4 aromatic rings. The van der Waals surface area contributed by atoms with Crippen molar-refractivity contribution in [3.8, 4) is 23.1 Å². The molecule has 0 amide bonds. The molecule has 33 heavy (non-hydrogen) atoms. The molecule has 0 spiro atoms. The Morgan fingerprint density at radius 2 is 2.03 bits per heavy atom. The summed E-state index contributed by atoms with van der Waals surface area (Å²) in [6.45, 7) is 0. The summed E-state index contributed by atoms with van der Waals surface area (Å²) in [6, 6.07) is 10.4. The van der Waals surface area contributed by atoms with Gasteiger partial charge in [0.15, 0.2) is 0 Å². The van der Waals surface area contributed by atoms with E-state index in [1.807, 2.05) is 36.0 Å². The van der Waals surface area contributed by atoms with Crippen LogP contribution in [0.3, 0.4) is 0 Å². The number of methoxy groups -OCH3 is 1. The standard InChI is InChI=1S/C24H26N8O/c1-32-19(10-11-27-32)18-9-8-17(12-20(18)33-2)29-24-30-22-21(15(13-25)14-26-22)23(31-24)28-16-6-4-3-5-7-16/h8-12,14,16H,3-7H2,1-2H3,(H3,26,28,29,30,31). The third kappa shape index (κ3) is 4.07. The highest BCUT2D eigenvalue weighted by Gasteiger charge is 2.19. The molecule has 0 radical (unpaired) electrons. The lowest BCUT2D eigenvalue weighted by atomic mass is 9.95. The van der Waals surface area contributed by atoms with Gasteiger partial charge < -0.3 is 20.4 Å². The van der Waals surface area contributed by atoms with E-state index >= 15 is 0 Å². The number of ether oxygens (including phenoxy) is 1. The molecular formula is C24H26N8O. The van der Waals surface area contributed by atoms with Crippen molar-refractivity contribution in [3.05, 3.63) is 42.2 Å². The van der Waals surface area contributed by atoms with Crippen molar-refractivity contribution in [2.45, 2.75) is 38.1 Å². The molecule has 0 unspecified atom stereocenters. The molecule has 0 aliphatic heterocycles. The predicted octanol–water partition coefficient (Wildman–Crippen LogP) is 4.73. The normalized spacial score (nSPS) is 14.2. The van der Waals surface area contributed by atoms with Gasteiger partial charge in [0, 0.05) is 42.8 Å². The van der Waals surface area contributed by atoms with Crippen molar-refractivity contribution in [1.29, 1.82) is 5.26 Å². The predicted molar refractivity (Wildman–Crippen MR) is 128 cm³/mol. The van der Waals surface area contributed by atoms with Gasteiger partial charge in [-0.3, -0.25) is 4.68 Å². The van der Waals surface area contributed by atoms with Crippen molar-refractivity contribution >= 4 is 28.5 Å². The van der Waals surface area contributed by atoms with Gasteiger partial charge in [0.1, 0.15) is 23.3 Å². The van der Waals surface area contributed by atoms with Gasteiger partial charge in [0.25, 0.3) is 0 Å². The Hall–Kier alpha value is -4.06. The molecule has 3 N–H and O–H groups in total. The maximum absolute atomic E-state index is 9.55. The van der Waals surface area contributed by atoms with Gasteiger partial charge in [0.05, 0.1) is 23.8 Å². The summed E-state index contributed by atoms with van der Waals surface area (Å²) in [6.07, 6.45) is 9.34. The molecule has 0 atom stereocenters. The zero-order valence-corrected chi connectivity index (χ0v) is 18.7. The van der Waals surface area contributed by atoms with Crippen LogP contribution in [0.4, 0.5) is 17.5 Å². The van der Waals surface area contributed by atoms with Gasteiger partial charge in [0.2, 0.25) is 5.95 Å². The fourth-order valence-electron chi connectivity index (χ4n) is 4.47. The molecular weight excluding hydrogens is 416 g/mol. The number of benzene rings is 1. The highest BCUT2D eigenvalue weighted by Crippen LogP contribution is 2.34. The smallest absolute Gasteiger partial charge is 0.231 e. The monoisotopic (exact) mass is 442 g/mol. The molecule has 1 aromatic carbocycles. The van der Waals surface area contributed by atoms with Crippen LogP contribution in [0.5, 0.6) is 5.75 Å². The maximum Gasteiger partial charge on any atom is 0.231 e. The minimum Gasteiger partial charge on any atom is -0.496 e. The van der Waals surface area contributed by atoms with E-state index in [0.29, 0.717) is 29.0 Å². The zero-order valence-electron chi connectivity index (χ0n) is 18.7. The Kier molecular flexibility index (Phi) is 5.57. The summed E-state index contributed by atoms with van der Waals surface area (Å²) < 4.78 is 7.45. The average Bonchev–Trinajstić information content (AvgIpc) is 3.45. The summed E-state index contributed by atoms with van der Waals surface area (Å²) in [5.41, 5.74) is 3.87. The SMILES string of the molecule is COc1cc(Nc2nc(NC3CCCCC3)c3c(C#N)c[nH]c3n2)ccc1-c1ccnn1C. The Morgan fingerprint density at radius 3 is 2.76 bits per heavy atom. The Balaban J connectivity index is 1.49. The molecule has 0 saturated heterocycles. The fraction of sp³-hybridized carbons (Fsp3) is 0.333. The number of nitrogens with zero attached hydrogens (tertiary/aromatic N) is 5. The van der Waals surface area contributed by atoms with Gasteiger partial charge in [-0.05, 0) is 31.0 Å². The van der Waals surface area contributed by atoms with Gasteiger partial charge in [-0.1, -0.05) is 19.3 Å². The number of aromatic amines is 1. The molecule has 0 bridgehead atoms. The number of anilines is 3. The zero-order chi connectivity index (χ0) is 22.8. The maximum atomic E-state index is 9.55. The average molecular weight is 443 g/mol. The van der Waals surface area contributed by atoms with Crippen LogP contribution in [-0.2, 0) is 7.05 Å². The van der Waals surface area contributed by atoms with Crippen molar-refractivity contribution in [1.82, 2.24) is 24.7 Å². The topological polar surface area (TPSA) is 116 Å². The van der Waals surface area contributed by atoms with Gasteiger partial charge in [-0.2, -0.15) is 20.3 Å². The molecule has 9 heteroatoms. The summed E-state index contributed by atoms with van der Waals surface area (Å²) in [7, 11) is 3.55. The number of nitriles is 1. The number of hydrogen-bond acceptors (Lipinski definition) is 7. The first-order valence-corrected chi connectivity index (χ1v) is 11.2. The fourth-order valence-corrected chi connectivity index (χ4v) is 4.47. The van der Waals surface area contributed by atoms with E-state index in [-0.39, 0.29) is 0 Å². The van der Waals surface area contributed by atoms with Crippen molar-refractivity contribution < 1.29 is 4.74 Å². The Labute approximate surface area is 191 Å². The molecule has 9 nitrogen and oxygen atoms in total. The largest absolute Gasteiger partial charge is 0.496 e. The lowest BCUT2D eigenvalue weighted by Gasteiger charge is -2.24. The highest BCUT2D eigenvalue weighted by atomic mass is 16.5. The van der Waals surface area contributed by atoms with E-state index in [9.17, 15) is 5.26 Å². The van der Waals surface area contributed by atoms with Crippen LogP contribution in [0.15, 0.2) is 36.7 Å². The van der Waals surface area contributed by atoms with E-state index in [1.165, 1.54) is 19.3 Å². The van der Waals surface area contributed by atoms with E-state index < -0.39 is 0 Å². The second-order valence-corrected chi connectivity index (χ2v) is 8.29. The molecule has 5 rings (SSSR count). The van der Waals surface area contributed by atoms with Crippen molar-refractivity contribution in [3.63, 3.8) is 0 Å². The van der Waals surface area contributed by atoms with E-state index in [1.54, 1.807) is 19.5 Å². The van der Waals surface area contributed by atoms with E-state index in [2.05, 4.69) is 31.8 Å².